The number of hydrogen-bond acceptors (Lipinski definition) is 2. The van der Waals surface area contributed by atoms with Crippen molar-refractivity contribution in [3.8, 4) is 0 Å². The van der Waals surface area contributed by atoms with Crippen LogP contribution >= 0.6 is 0 Å². The zero-order valence-corrected chi connectivity index (χ0v) is 7.92. The van der Waals surface area contributed by atoms with Crippen LogP contribution in [0.2, 0.25) is 0 Å². The fourth-order valence-corrected chi connectivity index (χ4v) is 1.20. The lowest BCUT2D eigenvalue weighted by molar-refractivity contribution is -0.480. The van der Waals surface area contributed by atoms with Gasteiger partial charge in [0.1, 0.15) is 0 Å². The van der Waals surface area contributed by atoms with Gasteiger partial charge in [0, 0.05) is 11.3 Å². The molecule has 0 N–H and O–H groups in total. The number of nitro groups is 1. The third kappa shape index (κ3) is 9.40. The summed E-state index contributed by atoms with van der Waals surface area (Å²) < 4.78 is 0. The molecule has 0 spiro atoms. The van der Waals surface area contributed by atoms with Crippen molar-refractivity contribution >= 4 is 0 Å². The van der Waals surface area contributed by atoms with E-state index >= 15 is 0 Å². The molecule has 72 valence electrons. The van der Waals surface area contributed by atoms with Crippen LogP contribution in [0.1, 0.15) is 51.9 Å². The second-order valence-corrected chi connectivity index (χ2v) is 3.18. The van der Waals surface area contributed by atoms with Gasteiger partial charge in [0.25, 0.3) is 0 Å². The molecule has 0 aromatic heterocycles. The Kier molecular flexibility index (Phi) is 8.07. The van der Waals surface area contributed by atoms with Crippen molar-refractivity contribution in [1.29, 1.82) is 0 Å². The number of nitrogens with zero attached hydrogens (tertiary/aromatic N) is 1. The van der Waals surface area contributed by atoms with Crippen LogP contribution in [0.4, 0.5) is 0 Å². The van der Waals surface area contributed by atoms with Crippen LogP contribution < -0.4 is 0 Å². The SMILES string of the molecule is CCCCCCCCC[N+](=O)[O-]. The zero-order chi connectivity index (χ0) is 9.23. The second kappa shape index (κ2) is 8.50. The summed E-state index contributed by atoms with van der Waals surface area (Å²) >= 11 is 0. The van der Waals surface area contributed by atoms with E-state index in [1.165, 1.54) is 25.7 Å². The maximum atomic E-state index is 9.94. The van der Waals surface area contributed by atoms with Crippen LogP contribution in [0.25, 0.3) is 0 Å². The molecule has 3 nitrogen and oxygen atoms in total. The van der Waals surface area contributed by atoms with Crippen molar-refractivity contribution in [2.75, 3.05) is 6.54 Å². The minimum atomic E-state index is -0.230. The van der Waals surface area contributed by atoms with Crippen LogP contribution in [0.3, 0.4) is 0 Å². The van der Waals surface area contributed by atoms with Gasteiger partial charge < -0.3 is 0 Å². The predicted octanol–water partition coefficient (Wildman–Crippen LogP) is 3.01. The molecule has 0 aliphatic heterocycles. The third-order valence-corrected chi connectivity index (χ3v) is 1.94. The molecule has 0 saturated heterocycles. The quantitative estimate of drug-likeness (QED) is 0.321. The first-order chi connectivity index (χ1) is 5.77. The van der Waals surface area contributed by atoms with Gasteiger partial charge in [-0.1, -0.05) is 39.0 Å². The molecule has 0 aromatic rings. The summed E-state index contributed by atoms with van der Waals surface area (Å²) in [6, 6.07) is 0. The van der Waals surface area contributed by atoms with Crippen molar-refractivity contribution < 1.29 is 4.92 Å². The van der Waals surface area contributed by atoms with E-state index in [9.17, 15) is 10.1 Å². The Balaban J connectivity index is 2.86. The maximum absolute atomic E-state index is 9.94. The van der Waals surface area contributed by atoms with Gasteiger partial charge in [-0.2, -0.15) is 0 Å². The summed E-state index contributed by atoms with van der Waals surface area (Å²) in [7, 11) is 0. The van der Waals surface area contributed by atoms with E-state index in [4.69, 9.17) is 0 Å². The molecule has 0 rings (SSSR count). The average Bonchev–Trinajstić information content (AvgIpc) is 2.02. The van der Waals surface area contributed by atoms with Crippen molar-refractivity contribution in [1.82, 2.24) is 0 Å². The van der Waals surface area contributed by atoms with E-state index in [-0.39, 0.29) is 11.5 Å². The van der Waals surface area contributed by atoms with Crippen LogP contribution in [-0.4, -0.2) is 11.5 Å². The molecule has 0 fully saturated rings. The zero-order valence-electron chi connectivity index (χ0n) is 7.92. The first-order valence-electron chi connectivity index (χ1n) is 4.89. The Morgan fingerprint density at radius 1 is 1.00 bits per heavy atom. The fraction of sp³-hybridized carbons (Fsp3) is 1.00. The smallest absolute Gasteiger partial charge is 0.203 e. The van der Waals surface area contributed by atoms with Gasteiger partial charge >= 0.3 is 0 Å². The molecular formula is C9H19NO2. The van der Waals surface area contributed by atoms with Crippen molar-refractivity contribution in [2.45, 2.75) is 51.9 Å². The molecule has 12 heavy (non-hydrogen) atoms. The molecule has 0 saturated carbocycles. The van der Waals surface area contributed by atoms with Crippen LogP contribution in [0, 0.1) is 10.1 Å². The molecule has 3 heteroatoms. The normalized spacial score (nSPS) is 10.1. The van der Waals surface area contributed by atoms with Gasteiger partial charge in [-0.3, -0.25) is 10.1 Å². The molecule has 0 bridgehead atoms. The summed E-state index contributed by atoms with van der Waals surface area (Å²) in [5, 5.41) is 9.94. The molecular weight excluding hydrogens is 154 g/mol. The molecule has 0 aliphatic rings. The Bertz CT molecular complexity index is 115. The highest BCUT2D eigenvalue weighted by Crippen LogP contribution is 2.06. The Hall–Kier alpha value is -0.600. The fourth-order valence-electron chi connectivity index (χ4n) is 1.20. The molecule has 0 aliphatic carbocycles. The van der Waals surface area contributed by atoms with E-state index in [0.29, 0.717) is 0 Å². The first kappa shape index (κ1) is 11.4. The maximum Gasteiger partial charge on any atom is 0.203 e. The number of rotatable bonds is 8. The standard InChI is InChI=1S/C9H19NO2/c1-2-3-4-5-6-7-8-9-10(11)12/h2-9H2,1H3. The van der Waals surface area contributed by atoms with E-state index in [1.807, 2.05) is 0 Å². The van der Waals surface area contributed by atoms with Gasteiger partial charge in [-0.15, -0.1) is 0 Å². The van der Waals surface area contributed by atoms with Crippen molar-refractivity contribution in [3.05, 3.63) is 10.1 Å². The predicted molar refractivity (Wildman–Crippen MR) is 49.9 cm³/mol. The molecule has 0 aromatic carbocycles. The summed E-state index contributed by atoms with van der Waals surface area (Å²) in [5.41, 5.74) is 0. The Morgan fingerprint density at radius 2 is 1.50 bits per heavy atom. The van der Waals surface area contributed by atoms with E-state index in [0.717, 1.165) is 19.3 Å². The lowest BCUT2D eigenvalue weighted by atomic mass is 10.1. The highest BCUT2D eigenvalue weighted by molar-refractivity contribution is 4.43. The Morgan fingerprint density at radius 3 is 2.00 bits per heavy atom. The van der Waals surface area contributed by atoms with Gasteiger partial charge in [0.2, 0.25) is 6.54 Å². The topological polar surface area (TPSA) is 43.1 Å². The monoisotopic (exact) mass is 173 g/mol. The third-order valence-electron chi connectivity index (χ3n) is 1.94. The number of unbranched alkanes of at least 4 members (excludes halogenated alkanes) is 6. The lowest BCUT2D eigenvalue weighted by Gasteiger charge is -1.97. The second-order valence-electron chi connectivity index (χ2n) is 3.18. The minimum Gasteiger partial charge on any atom is -0.265 e. The van der Waals surface area contributed by atoms with Crippen molar-refractivity contribution in [2.24, 2.45) is 0 Å². The van der Waals surface area contributed by atoms with Crippen molar-refractivity contribution in [3.63, 3.8) is 0 Å². The van der Waals surface area contributed by atoms with E-state index in [2.05, 4.69) is 6.92 Å². The summed E-state index contributed by atoms with van der Waals surface area (Å²) in [6.07, 6.45) is 8.02. The number of hydrogen-bond donors (Lipinski definition) is 0. The first-order valence-corrected chi connectivity index (χ1v) is 4.89. The molecule has 0 atom stereocenters. The summed E-state index contributed by atoms with van der Waals surface area (Å²) in [5.74, 6) is 0. The Labute approximate surface area is 74.3 Å². The molecule has 0 heterocycles. The van der Waals surface area contributed by atoms with Crippen LogP contribution in [-0.2, 0) is 0 Å². The highest BCUT2D eigenvalue weighted by atomic mass is 16.6. The molecule has 0 amide bonds. The molecule has 0 unspecified atom stereocenters. The van der Waals surface area contributed by atoms with Crippen LogP contribution in [0.5, 0.6) is 0 Å². The van der Waals surface area contributed by atoms with Gasteiger partial charge in [0.05, 0.1) is 0 Å². The lowest BCUT2D eigenvalue weighted by Crippen LogP contribution is -1.99. The average molecular weight is 173 g/mol. The largest absolute Gasteiger partial charge is 0.265 e. The minimum absolute atomic E-state index is 0.147. The van der Waals surface area contributed by atoms with Gasteiger partial charge in [-0.25, -0.2) is 0 Å². The van der Waals surface area contributed by atoms with E-state index < -0.39 is 0 Å². The molecule has 0 radical (unpaired) electrons. The highest BCUT2D eigenvalue weighted by Gasteiger charge is 1.95. The summed E-state index contributed by atoms with van der Waals surface area (Å²) in [6.45, 7) is 2.33. The van der Waals surface area contributed by atoms with Gasteiger partial charge in [0.15, 0.2) is 0 Å². The van der Waals surface area contributed by atoms with Gasteiger partial charge in [-0.05, 0) is 6.42 Å². The summed E-state index contributed by atoms with van der Waals surface area (Å²) in [4.78, 5) is 9.71. The van der Waals surface area contributed by atoms with E-state index in [1.54, 1.807) is 0 Å². The van der Waals surface area contributed by atoms with Crippen LogP contribution in [0.15, 0.2) is 0 Å².